The molecule has 2 unspecified atom stereocenters. The van der Waals surface area contributed by atoms with E-state index in [2.05, 4.69) is 0 Å². The Kier molecular flexibility index (Phi) is 6.94. The fraction of sp³-hybridized carbons (Fsp3) is 0.500. The molecular formula is C18H25FNO4P. The zero-order valence-electron chi connectivity index (χ0n) is 14.1. The molecule has 1 aliphatic carbocycles. The monoisotopic (exact) mass is 369 g/mol. The van der Waals surface area contributed by atoms with Gasteiger partial charge < -0.3 is 15.7 Å². The second-order valence-electron chi connectivity index (χ2n) is 6.75. The van der Waals surface area contributed by atoms with Crippen molar-refractivity contribution in [2.75, 3.05) is 6.16 Å². The van der Waals surface area contributed by atoms with Crippen LogP contribution in [0.4, 0.5) is 4.39 Å². The minimum Gasteiger partial charge on any atom is -0.478 e. The van der Waals surface area contributed by atoms with Crippen LogP contribution in [0.15, 0.2) is 29.8 Å². The zero-order chi connectivity index (χ0) is 18.4. The molecule has 7 heteroatoms. The number of nitrogens with two attached hydrogens (primary N) is 1. The van der Waals surface area contributed by atoms with E-state index in [4.69, 9.17) is 5.73 Å². The lowest BCUT2D eigenvalue weighted by molar-refractivity contribution is -0.132. The molecule has 1 aromatic rings. The molecule has 1 saturated carbocycles. The molecule has 0 bridgehead atoms. The molecule has 0 amide bonds. The standard InChI is InChI=1S/C18H25FNO4P/c19-16-8-6-14(7-9-16)10-15(18(21)22)12-25(23,24)17(20)11-13-4-2-1-3-5-13/h6-10,13,17H,1-5,11-12,20H2,(H,21,22)(H,23,24)/b15-10-. The Balaban J connectivity index is 2.09. The van der Waals surface area contributed by atoms with Crippen molar-refractivity contribution in [1.29, 1.82) is 0 Å². The van der Waals surface area contributed by atoms with Crippen LogP contribution in [0.5, 0.6) is 0 Å². The smallest absolute Gasteiger partial charge is 0.332 e. The Hall–Kier alpha value is -1.49. The third kappa shape index (κ3) is 6.07. The van der Waals surface area contributed by atoms with Crippen LogP contribution in [-0.2, 0) is 9.36 Å². The predicted octanol–water partition coefficient (Wildman–Crippen LogP) is 3.82. The van der Waals surface area contributed by atoms with E-state index in [1.807, 2.05) is 0 Å². The van der Waals surface area contributed by atoms with Crippen LogP contribution in [0.1, 0.15) is 44.1 Å². The van der Waals surface area contributed by atoms with Gasteiger partial charge in [-0.15, -0.1) is 0 Å². The molecule has 25 heavy (non-hydrogen) atoms. The van der Waals surface area contributed by atoms with E-state index in [1.54, 1.807) is 0 Å². The molecule has 1 aromatic carbocycles. The number of halogens is 1. The van der Waals surface area contributed by atoms with E-state index in [1.165, 1.54) is 36.8 Å². The van der Waals surface area contributed by atoms with E-state index in [0.717, 1.165) is 25.7 Å². The molecule has 5 nitrogen and oxygen atoms in total. The summed E-state index contributed by atoms with van der Waals surface area (Å²) in [5.41, 5.74) is 6.22. The summed E-state index contributed by atoms with van der Waals surface area (Å²) in [5, 5.41) is 9.34. The molecule has 2 atom stereocenters. The molecule has 1 fully saturated rings. The first kappa shape index (κ1) is 19.8. The maximum Gasteiger partial charge on any atom is 0.332 e. The van der Waals surface area contributed by atoms with Crippen molar-refractivity contribution in [3.63, 3.8) is 0 Å². The molecule has 0 spiro atoms. The van der Waals surface area contributed by atoms with Crippen molar-refractivity contribution < 1.29 is 23.7 Å². The maximum absolute atomic E-state index is 12.9. The van der Waals surface area contributed by atoms with E-state index in [9.17, 15) is 23.7 Å². The van der Waals surface area contributed by atoms with Crippen LogP contribution in [0.25, 0.3) is 6.08 Å². The number of rotatable bonds is 7. The number of hydrogen-bond acceptors (Lipinski definition) is 3. The van der Waals surface area contributed by atoms with Gasteiger partial charge in [-0.2, -0.15) is 0 Å². The third-order valence-electron chi connectivity index (χ3n) is 4.70. The van der Waals surface area contributed by atoms with Gasteiger partial charge in [0.15, 0.2) is 0 Å². The second-order valence-corrected chi connectivity index (χ2v) is 9.24. The van der Waals surface area contributed by atoms with Gasteiger partial charge in [-0.1, -0.05) is 44.2 Å². The Morgan fingerprint density at radius 2 is 1.88 bits per heavy atom. The molecule has 0 saturated heterocycles. The highest BCUT2D eigenvalue weighted by molar-refractivity contribution is 7.59. The zero-order valence-corrected chi connectivity index (χ0v) is 15.0. The van der Waals surface area contributed by atoms with Gasteiger partial charge in [0, 0.05) is 5.57 Å². The Labute approximate surface area is 147 Å². The van der Waals surface area contributed by atoms with E-state index in [-0.39, 0.29) is 5.57 Å². The molecule has 0 aromatic heterocycles. The fourth-order valence-corrected chi connectivity index (χ4v) is 4.80. The van der Waals surface area contributed by atoms with Gasteiger partial charge in [-0.25, -0.2) is 9.18 Å². The summed E-state index contributed by atoms with van der Waals surface area (Å²) in [6.45, 7) is 0. The van der Waals surface area contributed by atoms with E-state index in [0.29, 0.717) is 17.9 Å². The van der Waals surface area contributed by atoms with Crippen molar-refractivity contribution in [3.8, 4) is 0 Å². The van der Waals surface area contributed by atoms with Crippen LogP contribution in [-0.4, -0.2) is 27.9 Å². The molecule has 1 aliphatic rings. The van der Waals surface area contributed by atoms with Crippen LogP contribution < -0.4 is 5.73 Å². The molecule has 0 aliphatic heterocycles. The summed E-state index contributed by atoms with van der Waals surface area (Å²) in [7, 11) is -3.85. The summed E-state index contributed by atoms with van der Waals surface area (Å²) < 4.78 is 25.6. The SMILES string of the molecule is NC(CC1CCCCC1)P(=O)(O)C/C(=C/c1ccc(F)cc1)C(=O)O. The highest BCUT2D eigenvalue weighted by atomic mass is 31.2. The lowest BCUT2D eigenvalue weighted by atomic mass is 9.87. The van der Waals surface area contributed by atoms with Crippen molar-refractivity contribution in [3.05, 3.63) is 41.2 Å². The second kappa shape index (κ2) is 8.75. The average Bonchev–Trinajstić information content (AvgIpc) is 2.57. The van der Waals surface area contributed by atoms with Crippen LogP contribution in [0.2, 0.25) is 0 Å². The van der Waals surface area contributed by atoms with Crippen molar-refractivity contribution >= 4 is 19.4 Å². The first-order valence-electron chi connectivity index (χ1n) is 8.54. The number of carboxylic acid groups (broad SMARTS) is 1. The van der Waals surface area contributed by atoms with Gasteiger partial charge in [0.25, 0.3) is 0 Å². The lowest BCUT2D eigenvalue weighted by Crippen LogP contribution is -2.27. The number of carbonyl (C=O) groups is 1. The first-order valence-corrected chi connectivity index (χ1v) is 10.5. The Morgan fingerprint density at radius 3 is 2.44 bits per heavy atom. The van der Waals surface area contributed by atoms with Gasteiger partial charge in [-0.3, -0.25) is 4.57 Å². The summed E-state index contributed by atoms with van der Waals surface area (Å²) in [6, 6.07) is 5.25. The maximum atomic E-state index is 12.9. The molecule has 4 N–H and O–H groups in total. The van der Waals surface area contributed by atoms with Crippen molar-refractivity contribution in [2.45, 2.75) is 44.3 Å². The lowest BCUT2D eigenvalue weighted by Gasteiger charge is -2.27. The predicted molar refractivity (Wildman–Crippen MR) is 95.9 cm³/mol. The number of benzene rings is 1. The quantitative estimate of drug-likeness (QED) is 0.501. The van der Waals surface area contributed by atoms with Gasteiger partial charge in [0.2, 0.25) is 7.37 Å². The third-order valence-corrected chi connectivity index (χ3v) is 6.74. The van der Waals surface area contributed by atoms with Gasteiger partial charge in [-0.05, 0) is 36.1 Å². The van der Waals surface area contributed by atoms with E-state index >= 15 is 0 Å². The minimum atomic E-state index is -3.85. The van der Waals surface area contributed by atoms with Crippen LogP contribution >= 0.6 is 7.37 Å². The topological polar surface area (TPSA) is 101 Å². The highest BCUT2D eigenvalue weighted by Gasteiger charge is 2.32. The fourth-order valence-electron chi connectivity index (χ4n) is 3.23. The van der Waals surface area contributed by atoms with Gasteiger partial charge >= 0.3 is 5.97 Å². The average molecular weight is 369 g/mol. The normalized spacial score (nSPS) is 20.0. The van der Waals surface area contributed by atoms with Crippen LogP contribution in [0.3, 0.4) is 0 Å². The Bertz CT molecular complexity index is 668. The number of hydrogen-bond donors (Lipinski definition) is 3. The molecule has 0 radical (unpaired) electrons. The highest BCUT2D eigenvalue weighted by Crippen LogP contribution is 2.49. The molecule has 138 valence electrons. The van der Waals surface area contributed by atoms with Crippen LogP contribution in [0, 0.1) is 11.7 Å². The molecule has 0 heterocycles. The first-order chi connectivity index (χ1) is 11.8. The number of carboxylic acids is 1. The molecule has 2 rings (SSSR count). The van der Waals surface area contributed by atoms with E-state index < -0.39 is 31.1 Å². The van der Waals surface area contributed by atoms with Crippen molar-refractivity contribution in [1.82, 2.24) is 0 Å². The Morgan fingerprint density at radius 1 is 1.28 bits per heavy atom. The largest absolute Gasteiger partial charge is 0.478 e. The van der Waals surface area contributed by atoms with Gasteiger partial charge in [0.1, 0.15) is 5.82 Å². The summed E-state index contributed by atoms with van der Waals surface area (Å²) in [6.07, 6.45) is 6.65. The summed E-state index contributed by atoms with van der Waals surface area (Å²) >= 11 is 0. The summed E-state index contributed by atoms with van der Waals surface area (Å²) in [5.74, 6) is -2.30. The number of aliphatic carboxylic acids is 1. The minimum absolute atomic E-state index is 0.198. The molecular weight excluding hydrogens is 344 g/mol. The summed E-state index contributed by atoms with van der Waals surface area (Å²) in [4.78, 5) is 21.8. The van der Waals surface area contributed by atoms with Gasteiger partial charge in [0.05, 0.1) is 11.9 Å². The van der Waals surface area contributed by atoms with Crippen molar-refractivity contribution in [2.24, 2.45) is 11.7 Å².